The second kappa shape index (κ2) is 8.42. The SMILES string of the molecule is CCC[C@H](C)NC(=O)CN(c1ccc2c(c1)OCCO2)S(=O)(=O)CC. The molecule has 1 aromatic carbocycles. The first-order valence-corrected chi connectivity index (χ1v) is 10.2. The molecule has 1 aliphatic rings. The zero-order chi connectivity index (χ0) is 18.4. The van der Waals surface area contributed by atoms with Gasteiger partial charge in [-0.25, -0.2) is 8.42 Å². The second-order valence-corrected chi connectivity index (χ2v) is 8.17. The standard InChI is InChI=1S/C17H26N2O5S/c1-4-6-13(3)18-17(20)12-19(25(21,22)5-2)14-7-8-15-16(11-14)24-10-9-23-15/h7-8,11,13H,4-6,9-10,12H2,1-3H3,(H,18,20)/t13-/m0/s1. The van der Waals surface area contributed by atoms with Crippen LogP contribution in [0.15, 0.2) is 18.2 Å². The van der Waals surface area contributed by atoms with Crippen LogP contribution in [0.4, 0.5) is 5.69 Å². The Morgan fingerprint density at radius 2 is 1.92 bits per heavy atom. The van der Waals surface area contributed by atoms with Gasteiger partial charge in [0, 0.05) is 12.1 Å². The Morgan fingerprint density at radius 3 is 2.56 bits per heavy atom. The highest BCUT2D eigenvalue weighted by Gasteiger charge is 2.25. The molecule has 1 amide bonds. The molecule has 25 heavy (non-hydrogen) atoms. The third-order valence-corrected chi connectivity index (χ3v) is 5.67. The summed E-state index contributed by atoms with van der Waals surface area (Å²) in [5.41, 5.74) is 0.393. The van der Waals surface area contributed by atoms with Gasteiger partial charge in [0.05, 0.1) is 11.4 Å². The molecule has 0 saturated carbocycles. The Morgan fingerprint density at radius 1 is 1.24 bits per heavy atom. The maximum Gasteiger partial charge on any atom is 0.240 e. The molecule has 1 aliphatic heterocycles. The molecule has 1 atom stereocenters. The molecule has 0 spiro atoms. The van der Waals surface area contributed by atoms with E-state index in [0.29, 0.717) is 30.4 Å². The molecule has 2 rings (SSSR count). The van der Waals surface area contributed by atoms with Crippen LogP contribution in [-0.4, -0.2) is 45.9 Å². The summed E-state index contributed by atoms with van der Waals surface area (Å²) in [4.78, 5) is 12.3. The molecule has 140 valence electrons. The lowest BCUT2D eigenvalue weighted by molar-refractivity contribution is -0.120. The summed E-state index contributed by atoms with van der Waals surface area (Å²) < 4.78 is 37.1. The Labute approximate surface area is 149 Å². The number of hydrogen-bond acceptors (Lipinski definition) is 5. The van der Waals surface area contributed by atoms with E-state index in [1.807, 2.05) is 13.8 Å². The predicted octanol–water partition coefficient (Wildman–Crippen LogP) is 1.92. The van der Waals surface area contributed by atoms with E-state index in [-0.39, 0.29) is 24.2 Å². The fraction of sp³-hybridized carbons (Fsp3) is 0.588. The molecule has 8 heteroatoms. The van der Waals surface area contributed by atoms with Gasteiger partial charge in [0.15, 0.2) is 11.5 Å². The number of rotatable bonds is 8. The van der Waals surface area contributed by atoms with E-state index < -0.39 is 10.0 Å². The van der Waals surface area contributed by atoms with Crippen molar-refractivity contribution in [1.82, 2.24) is 5.32 Å². The fourth-order valence-corrected chi connectivity index (χ4v) is 3.71. The average molecular weight is 370 g/mol. The van der Waals surface area contributed by atoms with E-state index in [1.165, 1.54) is 0 Å². The van der Waals surface area contributed by atoms with Gasteiger partial charge in [0.1, 0.15) is 19.8 Å². The monoisotopic (exact) mass is 370 g/mol. The molecule has 7 nitrogen and oxygen atoms in total. The number of anilines is 1. The van der Waals surface area contributed by atoms with Crippen molar-refractivity contribution >= 4 is 21.6 Å². The number of sulfonamides is 1. The smallest absolute Gasteiger partial charge is 0.240 e. The number of hydrogen-bond donors (Lipinski definition) is 1. The van der Waals surface area contributed by atoms with Crippen LogP contribution >= 0.6 is 0 Å². The number of amides is 1. The fourth-order valence-electron chi connectivity index (χ4n) is 2.65. The molecule has 0 fully saturated rings. The minimum atomic E-state index is -3.61. The Kier molecular flexibility index (Phi) is 6.52. The predicted molar refractivity (Wildman–Crippen MR) is 96.8 cm³/mol. The van der Waals surface area contributed by atoms with Crippen LogP contribution in [-0.2, 0) is 14.8 Å². The van der Waals surface area contributed by atoms with Gasteiger partial charge in [-0.15, -0.1) is 0 Å². The molecular formula is C17H26N2O5S. The van der Waals surface area contributed by atoms with Gasteiger partial charge in [0.2, 0.25) is 15.9 Å². The number of ether oxygens (including phenoxy) is 2. The van der Waals surface area contributed by atoms with E-state index in [0.717, 1.165) is 17.1 Å². The van der Waals surface area contributed by atoms with Crippen LogP contribution in [0.25, 0.3) is 0 Å². The molecule has 1 N–H and O–H groups in total. The van der Waals surface area contributed by atoms with Crippen LogP contribution in [0.1, 0.15) is 33.6 Å². The summed E-state index contributed by atoms with van der Waals surface area (Å²) in [6, 6.07) is 4.90. The number of fused-ring (bicyclic) bond motifs is 1. The van der Waals surface area contributed by atoms with E-state index in [9.17, 15) is 13.2 Å². The third-order valence-electron chi connectivity index (χ3n) is 3.93. The molecule has 0 aliphatic carbocycles. The molecular weight excluding hydrogens is 344 g/mol. The summed E-state index contributed by atoms with van der Waals surface area (Å²) in [5, 5.41) is 2.84. The zero-order valence-corrected chi connectivity index (χ0v) is 15.8. The average Bonchev–Trinajstić information content (AvgIpc) is 2.59. The highest BCUT2D eigenvalue weighted by molar-refractivity contribution is 7.92. The van der Waals surface area contributed by atoms with Crippen LogP contribution in [0.2, 0.25) is 0 Å². The van der Waals surface area contributed by atoms with Gasteiger partial charge < -0.3 is 14.8 Å². The van der Waals surface area contributed by atoms with Crippen LogP contribution in [0.5, 0.6) is 11.5 Å². The van der Waals surface area contributed by atoms with Crippen LogP contribution in [0.3, 0.4) is 0 Å². The molecule has 0 bridgehead atoms. The largest absolute Gasteiger partial charge is 0.486 e. The second-order valence-electron chi connectivity index (χ2n) is 5.99. The van der Waals surface area contributed by atoms with Gasteiger partial charge >= 0.3 is 0 Å². The lowest BCUT2D eigenvalue weighted by atomic mass is 10.2. The quantitative estimate of drug-likeness (QED) is 0.756. The van der Waals surface area contributed by atoms with Gasteiger partial charge in [-0.1, -0.05) is 13.3 Å². The van der Waals surface area contributed by atoms with Gasteiger partial charge in [-0.2, -0.15) is 0 Å². The summed E-state index contributed by atoms with van der Waals surface area (Å²) in [6.45, 7) is 6.10. The van der Waals surface area contributed by atoms with Crippen molar-refractivity contribution in [2.75, 3.05) is 29.8 Å². The number of carbonyl (C=O) groups is 1. The van der Waals surface area contributed by atoms with Gasteiger partial charge in [-0.3, -0.25) is 9.10 Å². The van der Waals surface area contributed by atoms with Crippen molar-refractivity contribution < 1.29 is 22.7 Å². The number of benzene rings is 1. The van der Waals surface area contributed by atoms with E-state index in [2.05, 4.69) is 5.32 Å². The van der Waals surface area contributed by atoms with E-state index >= 15 is 0 Å². The number of nitrogens with one attached hydrogen (secondary N) is 1. The van der Waals surface area contributed by atoms with Crippen LogP contribution in [0, 0.1) is 0 Å². The van der Waals surface area contributed by atoms with Gasteiger partial charge in [-0.05, 0) is 32.4 Å². The number of nitrogens with zero attached hydrogens (tertiary/aromatic N) is 1. The Hall–Kier alpha value is -1.96. The molecule has 0 aromatic heterocycles. The Balaban J connectivity index is 2.23. The minimum Gasteiger partial charge on any atom is -0.486 e. The summed E-state index contributed by atoms with van der Waals surface area (Å²) in [7, 11) is -3.61. The van der Waals surface area contributed by atoms with E-state index in [1.54, 1.807) is 25.1 Å². The van der Waals surface area contributed by atoms with Crippen LogP contribution < -0.4 is 19.1 Å². The lowest BCUT2D eigenvalue weighted by Crippen LogP contribution is -2.44. The third kappa shape index (κ3) is 5.01. The lowest BCUT2D eigenvalue weighted by Gasteiger charge is -2.26. The minimum absolute atomic E-state index is 0.00365. The van der Waals surface area contributed by atoms with E-state index in [4.69, 9.17) is 9.47 Å². The summed E-state index contributed by atoms with van der Waals surface area (Å²) in [5.74, 6) is 0.636. The Bertz CT molecular complexity index is 705. The summed E-state index contributed by atoms with van der Waals surface area (Å²) in [6.07, 6.45) is 1.79. The zero-order valence-electron chi connectivity index (χ0n) is 14.9. The topological polar surface area (TPSA) is 84.9 Å². The number of carbonyl (C=O) groups excluding carboxylic acids is 1. The maximum atomic E-state index is 12.5. The van der Waals surface area contributed by atoms with Crippen molar-refractivity contribution in [3.05, 3.63) is 18.2 Å². The maximum absolute atomic E-state index is 12.5. The molecule has 1 aromatic rings. The van der Waals surface area contributed by atoms with Crippen molar-refractivity contribution in [2.45, 2.75) is 39.7 Å². The molecule has 0 radical (unpaired) electrons. The first-order chi connectivity index (χ1) is 11.9. The van der Waals surface area contributed by atoms with Crippen molar-refractivity contribution in [3.8, 4) is 11.5 Å². The normalized spacial score (nSPS) is 14.7. The molecule has 0 saturated heterocycles. The highest BCUT2D eigenvalue weighted by atomic mass is 32.2. The summed E-state index contributed by atoms with van der Waals surface area (Å²) >= 11 is 0. The first kappa shape index (κ1) is 19.4. The molecule has 0 unspecified atom stereocenters. The van der Waals surface area contributed by atoms with Crippen molar-refractivity contribution in [1.29, 1.82) is 0 Å². The van der Waals surface area contributed by atoms with Crippen molar-refractivity contribution in [3.63, 3.8) is 0 Å². The first-order valence-electron chi connectivity index (χ1n) is 8.56. The molecule has 1 heterocycles. The highest BCUT2D eigenvalue weighted by Crippen LogP contribution is 2.34. The van der Waals surface area contributed by atoms with Crippen molar-refractivity contribution in [2.24, 2.45) is 0 Å². The van der Waals surface area contributed by atoms with Gasteiger partial charge in [0.25, 0.3) is 0 Å².